The number of amides is 1. The van der Waals surface area contributed by atoms with Gasteiger partial charge in [0, 0.05) is 19.0 Å². The lowest BCUT2D eigenvalue weighted by Crippen LogP contribution is -2.28. The molecular formula is C12H18ClNO2. The summed E-state index contributed by atoms with van der Waals surface area (Å²) >= 11 is 5.85. The Bertz CT molecular complexity index is 371. The summed E-state index contributed by atoms with van der Waals surface area (Å²) in [5, 5.41) is 0.0856. The zero-order valence-electron chi connectivity index (χ0n) is 10.2. The fraction of sp³-hybridized carbons (Fsp3) is 0.583. The van der Waals surface area contributed by atoms with E-state index < -0.39 is 0 Å². The quantitative estimate of drug-likeness (QED) is 0.762. The van der Waals surface area contributed by atoms with E-state index in [1.54, 1.807) is 24.9 Å². The lowest BCUT2D eigenvalue weighted by atomic mass is 10.2. The topological polar surface area (TPSA) is 33.5 Å². The van der Waals surface area contributed by atoms with E-state index in [9.17, 15) is 4.79 Å². The van der Waals surface area contributed by atoms with Gasteiger partial charge in [-0.2, -0.15) is 0 Å². The number of furan rings is 1. The van der Waals surface area contributed by atoms with Gasteiger partial charge >= 0.3 is 0 Å². The van der Waals surface area contributed by atoms with Crippen molar-refractivity contribution in [3.05, 3.63) is 23.2 Å². The molecule has 0 radical (unpaired) electrons. The Hall–Kier alpha value is -0.960. The van der Waals surface area contributed by atoms with Crippen molar-refractivity contribution in [1.29, 1.82) is 0 Å². The zero-order valence-corrected chi connectivity index (χ0v) is 11.0. The summed E-state index contributed by atoms with van der Waals surface area (Å²) in [5.41, 5.74) is 0.641. The first-order valence-corrected chi connectivity index (χ1v) is 5.82. The van der Waals surface area contributed by atoms with Crippen LogP contribution in [0.15, 0.2) is 10.5 Å². The highest BCUT2D eigenvalue weighted by atomic mass is 35.5. The van der Waals surface area contributed by atoms with Gasteiger partial charge in [-0.3, -0.25) is 4.79 Å². The van der Waals surface area contributed by atoms with Crippen molar-refractivity contribution in [1.82, 2.24) is 4.90 Å². The molecule has 1 atom stereocenters. The van der Waals surface area contributed by atoms with Crippen LogP contribution in [-0.4, -0.2) is 29.8 Å². The molecule has 0 saturated carbocycles. The minimum Gasteiger partial charge on any atom is -0.466 e. The van der Waals surface area contributed by atoms with E-state index in [-0.39, 0.29) is 11.3 Å². The van der Waals surface area contributed by atoms with E-state index in [2.05, 4.69) is 0 Å². The third-order valence-corrected chi connectivity index (χ3v) is 2.70. The molecule has 1 amide bonds. The van der Waals surface area contributed by atoms with E-state index in [0.717, 1.165) is 12.2 Å². The average Bonchev–Trinajstić information content (AvgIpc) is 2.53. The van der Waals surface area contributed by atoms with Crippen LogP contribution in [-0.2, 0) is 0 Å². The molecule has 0 spiro atoms. The smallest absolute Gasteiger partial charge is 0.257 e. The molecule has 1 unspecified atom stereocenters. The number of halogens is 1. The number of rotatable bonds is 4. The van der Waals surface area contributed by atoms with Crippen molar-refractivity contribution in [2.24, 2.45) is 0 Å². The molecule has 0 aromatic carbocycles. The Morgan fingerprint density at radius 2 is 2.19 bits per heavy atom. The molecule has 1 aromatic rings. The molecule has 0 aliphatic rings. The van der Waals surface area contributed by atoms with Gasteiger partial charge in [0.15, 0.2) is 0 Å². The zero-order chi connectivity index (χ0) is 12.3. The van der Waals surface area contributed by atoms with Crippen molar-refractivity contribution in [3.8, 4) is 0 Å². The Morgan fingerprint density at radius 3 is 2.62 bits per heavy atom. The molecule has 1 heterocycles. The summed E-state index contributed by atoms with van der Waals surface area (Å²) in [7, 11) is 1.78. The molecule has 0 aliphatic heterocycles. The summed E-state index contributed by atoms with van der Waals surface area (Å²) in [6, 6.07) is 1.78. The van der Waals surface area contributed by atoms with Crippen molar-refractivity contribution in [2.75, 3.05) is 13.6 Å². The van der Waals surface area contributed by atoms with Crippen LogP contribution in [0.3, 0.4) is 0 Å². The molecule has 1 aromatic heterocycles. The molecule has 90 valence electrons. The normalized spacial score (nSPS) is 12.6. The van der Waals surface area contributed by atoms with Crippen molar-refractivity contribution < 1.29 is 9.21 Å². The second-order valence-corrected chi connectivity index (χ2v) is 4.87. The van der Waals surface area contributed by atoms with Crippen molar-refractivity contribution in [3.63, 3.8) is 0 Å². The number of nitrogens with zero attached hydrogens (tertiary/aromatic N) is 1. The number of carbonyl (C=O) groups excluding carboxylic acids is 1. The molecule has 3 nitrogen and oxygen atoms in total. The van der Waals surface area contributed by atoms with Crippen LogP contribution in [0.5, 0.6) is 0 Å². The molecule has 4 heteroatoms. The maximum atomic E-state index is 12.0. The molecule has 1 rings (SSSR count). The Morgan fingerprint density at radius 1 is 1.56 bits per heavy atom. The Labute approximate surface area is 101 Å². The van der Waals surface area contributed by atoms with Gasteiger partial charge in [0.05, 0.1) is 5.56 Å². The van der Waals surface area contributed by atoms with Gasteiger partial charge in [-0.25, -0.2) is 0 Å². The summed E-state index contributed by atoms with van der Waals surface area (Å²) in [4.78, 5) is 13.7. The Kier molecular flexibility index (Phi) is 4.42. The SMILES string of the molecule is Cc1cc(C(=O)N(C)CCC(C)Cl)c(C)o1. The minimum atomic E-state index is -0.00772. The van der Waals surface area contributed by atoms with E-state index in [4.69, 9.17) is 16.0 Å². The summed E-state index contributed by atoms with van der Waals surface area (Å²) < 4.78 is 5.34. The highest BCUT2D eigenvalue weighted by Gasteiger charge is 2.17. The molecule has 0 N–H and O–H groups in total. The van der Waals surface area contributed by atoms with Crippen LogP contribution < -0.4 is 0 Å². The van der Waals surface area contributed by atoms with Crippen LogP contribution >= 0.6 is 11.6 Å². The van der Waals surface area contributed by atoms with Gasteiger partial charge in [0.2, 0.25) is 0 Å². The predicted octanol–water partition coefficient (Wildman–Crippen LogP) is 2.99. The average molecular weight is 244 g/mol. The molecular weight excluding hydrogens is 226 g/mol. The highest BCUT2D eigenvalue weighted by Crippen LogP contribution is 2.15. The second-order valence-electron chi connectivity index (χ2n) is 4.12. The lowest BCUT2D eigenvalue weighted by molar-refractivity contribution is 0.0792. The predicted molar refractivity (Wildman–Crippen MR) is 65.1 cm³/mol. The monoisotopic (exact) mass is 243 g/mol. The lowest BCUT2D eigenvalue weighted by Gasteiger charge is -2.17. The number of hydrogen-bond acceptors (Lipinski definition) is 2. The third kappa shape index (κ3) is 3.27. The molecule has 0 fully saturated rings. The van der Waals surface area contributed by atoms with Gasteiger partial charge in [-0.05, 0) is 33.3 Å². The van der Waals surface area contributed by atoms with Gasteiger partial charge < -0.3 is 9.32 Å². The highest BCUT2D eigenvalue weighted by molar-refractivity contribution is 6.20. The standard InChI is InChI=1S/C12H18ClNO2/c1-8(13)5-6-14(4)12(15)11-7-9(2)16-10(11)3/h7-8H,5-6H2,1-4H3. The molecule has 0 aliphatic carbocycles. The second kappa shape index (κ2) is 5.39. The number of aryl methyl sites for hydroxylation is 2. The van der Waals surface area contributed by atoms with Gasteiger partial charge in [-0.15, -0.1) is 11.6 Å². The Balaban J connectivity index is 2.67. The first-order valence-electron chi connectivity index (χ1n) is 5.38. The van der Waals surface area contributed by atoms with Gasteiger partial charge in [0.1, 0.15) is 11.5 Å². The van der Waals surface area contributed by atoms with Crippen LogP contribution in [0.2, 0.25) is 0 Å². The minimum absolute atomic E-state index is 0.00772. The van der Waals surface area contributed by atoms with Crippen molar-refractivity contribution >= 4 is 17.5 Å². The maximum Gasteiger partial charge on any atom is 0.257 e. The summed E-state index contributed by atoms with van der Waals surface area (Å²) in [6.45, 7) is 6.23. The summed E-state index contributed by atoms with van der Waals surface area (Å²) in [6.07, 6.45) is 0.791. The van der Waals surface area contributed by atoms with Crippen LogP contribution in [0.25, 0.3) is 0 Å². The van der Waals surface area contributed by atoms with E-state index in [1.165, 1.54) is 0 Å². The van der Waals surface area contributed by atoms with Crippen LogP contribution in [0.1, 0.15) is 35.2 Å². The fourth-order valence-corrected chi connectivity index (χ4v) is 1.62. The maximum absolute atomic E-state index is 12.0. The van der Waals surface area contributed by atoms with Gasteiger partial charge in [-0.1, -0.05) is 0 Å². The van der Waals surface area contributed by atoms with Crippen LogP contribution in [0.4, 0.5) is 0 Å². The molecule has 0 bridgehead atoms. The first kappa shape index (κ1) is 13.1. The van der Waals surface area contributed by atoms with E-state index in [0.29, 0.717) is 17.9 Å². The van der Waals surface area contributed by atoms with Crippen molar-refractivity contribution in [2.45, 2.75) is 32.6 Å². The van der Waals surface area contributed by atoms with Gasteiger partial charge in [0.25, 0.3) is 5.91 Å². The molecule has 16 heavy (non-hydrogen) atoms. The number of hydrogen-bond donors (Lipinski definition) is 0. The first-order chi connectivity index (χ1) is 7.41. The fourth-order valence-electron chi connectivity index (χ4n) is 1.52. The van der Waals surface area contributed by atoms with Crippen LogP contribution in [0, 0.1) is 13.8 Å². The number of alkyl halides is 1. The van der Waals surface area contributed by atoms with E-state index in [1.807, 2.05) is 13.8 Å². The number of carbonyl (C=O) groups is 1. The largest absolute Gasteiger partial charge is 0.466 e. The molecule has 0 saturated heterocycles. The summed E-state index contributed by atoms with van der Waals surface area (Å²) in [5.74, 6) is 1.43. The van der Waals surface area contributed by atoms with E-state index >= 15 is 0 Å². The third-order valence-electron chi connectivity index (χ3n) is 2.48.